The fourth-order valence-corrected chi connectivity index (χ4v) is 2.55. The van der Waals surface area contributed by atoms with Gasteiger partial charge in [-0.2, -0.15) is 5.10 Å². The van der Waals surface area contributed by atoms with Crippen molar-refractivity contribution < 1.29 is 14.6 Å². The molecule has 0 spiro atoms. The Bertz CT molecular complexity index is 713. The van der Waals surface area contributed by atoms with Crippen LogP contribution in [0, 0.1) is 13.8 Å². The molecule has 0 saturated carbocycles. The highest BCUT2D eigenvalue weighted by Crippen LogP contribution is 2.23. The van der Waals surface area contributed by atoms with Crippen LogP contribution in [0.25, 0.3) is 0 Å². The second-order valence-electron chi connectivity index (χ2n) is 5.26. The summed E-state index contributed by atoms with van der Waals surface area (Å²) in [6.07, 6.45) is 0.126. The number of methoxy groups -OCH3 is 1. The molecule has 7 heteroatoms. The molecule has 1 aromatic carbocycles. The number of benzene rings is 1. The lowest BCUT2D eigenvalue weighted by molar-refractivity contribution is -0.115. The van der Waals surface area contributed by atoms with E-state index in [-0.39, 0.29) is 18.1 Å². The average molecular weight is 338 g/mol. The van der Waals surface area contributed by atoms with Crippen molar-refractivity contribution in [2.24, 2.45) is 0 Å². The van der Waals surface area contributed by atoms with E-state index in [1.165, 1.54) is 12.1 Å². The van der Waals surface area contributed by atoms with Gasteiger partial charge in [-0.3, -0.25) is 9.48 Å². The number of phenols is 1. The van der Waals surface area contributed by atoms with Crippen LogP contribution >= 0.6 is 11.6 Å². The summed E-state index contributed by atoms with van der Waals surface area (Å²) in [6.45, 7) is 4.93. The number of amides is 1. The summed E-state index contributed by atoms with van der Waals surface area (Å²) >= 11 is 6.03. The number of carbonyl (C=O) groups excluding carboxylic acids is 1. The number of hydrogen-bond acceptors (Lipinski definition) is 4. The van der Waals surface area contributed by atoms with Crippen LogP contribution in [0.5, 0.6) is 5.75 Å². The lowest BCUT2D eigenvalue weighted by Gasteiger charge is -2.08. The third-order valence-corrected chi connectivity index (χ3v) is 3.89. The summed E-state index contributed by atoms with van der Waals surface area (Å²) in [4.78, 5) is 12.3. The van der Waals surface area contributed by atoms with E-state index in [2.05, 4.69) is 10.4 Å². The number of aryl methyl sites for hydroxylation is 1. The summed E-state index contributed by atoms with van der Waals surface area (Å²) in [7, 11) is 1.63. The zero-order valence-electron chi connectivity index (χ0n) is 13.4. The van der Waals surface area contributed by atoms with Gasteiger partial charge in [0.1, 0.15) is 5.75 Å². The van der Waals surface area contributed by atoms with E-state index in [1.807, 2.05) is 18.5 Å². The number of rotatable bonds is 6. The van der Waals surface area contributed by atoms with Crippen molar-refractivity contribution >= 4 is 23.2 Å². The van der Waals surface area contributed by atoms with Crippen LogP contribution in [-0.4, -0.2) is 34.5 Å². The summed E-state index contributed by atoms with van der Waals surface area (Å²) in [6, 6.07) is 4.57. The fraction of sp³-hybridized carbons (Fsp3) is 0.375. The Morgan fingerprint density at radius 2 is 2.17 bits per heavy atom. The van der Waals surface area contributed by atoms with Gasteiger partial charge in [0.15, 0.2) is 0 Å². The molecule has 2 rings (SSSR count). The number of nitrogens with zero attached hydrogens (tertiary/aromatic N) is 2. The van der Waals surface area contributed by atoms with E-state index >= 15 is 0 Å². The number of ether oxygens (including phenoxy) is 1. The summed E-state index contributed by atoms with van der Waals surface area (Å²) < 4.78 is 6.86. The molecule has 2 aromatic rings. The second-order valence-corrected chi connectivity index (χ2v) is 5.67. The maximum atomic E-state index is 12.3. The normalized spacial score (nSPS) is 10.8. The predicted octanol–water partition coefficient (Wildman–Crippen LogP) is 2.69. The number of aromatic nitrogens is 2. The Hall–Kier alpha value is -2.05. The molecule has 2 N–H and O–H groups in total. The molecule has 0 atom stereocenters. The summed E-state index contributed by atoms with van der Waals surface area (Å²) in [5.41, 5.74) is 3.00. The minimum Gasteiger partial charge on any atom is -0.508 e. The van der Waals surface area contributed by atoms with Crippen molar-refractivity contribution in [1.29, 1.82) is 0 Å². The fourth-order valence-electron chi connectivity index (χ4n) is 2.31. The molecule has 23 heavy (non-hydrogen) atoms. The zero-order chi connectivity index (χ0) is 17.0. The van der Waals surface area contributed by atoms with Crippen molar-refractivity contribution in [3.8, 4) is 5.75 Å². The second kappa shape index (κ2) is 7.48. The molecule has 0 aliphatic heterocycles. The highest BCUT2D eigenvalue weighted by Gasteiger charge is 2.15. The number of nitrogens with one attached hydrogen (secondary N) is 1. The van der Waals surface area contributed by atoms with Gasteiger partial charge in [-0.05, 0) is 31.5 Å². The van der Waals surface area contributed by atoms with Gasteiger partial charge in [0, 0.05) is 12.1 Å². The molecule has 124 valence electrons. The van der Waals surface area contributed by atoms with E-state index in [4.69, 9.17) is 16.3 Å². The number of anilines is 1. The van der Waals surface area contributed by atoms with Crippen LogP contribution < -0.4 is 5.32 Å². The maximum Gasteiger partial charge on any atom is 0.228 e. The van der Waals surface area contributed by atoms with Crippen molar-refractivity contribution in [1.82, 2.24) is 9.78 Å². The van der Waals surface area contributed by atoms with Gasteiger partial charge >= 0.3 is 0 Å². The lowest BCUT2D eigenvalue weighted by Crippen LogP contribution is -2.16. The Kier molecular flexibility index (Phi) is 5.63. The van der Waals surface area contributed by atoms with Gasteiger partial charge in [-0.1, -0.05) is 17.7 Å². The number of hydrogen-bond donors (Lipinski definition) is 2. The Labute approximate surface area is 140 Å². The lowest BCUT2D eigenvalue weighted by atomic mass is 10.1. The molecule has 1 heterocycles. The number of phenolic OH excluding ortho intramolecular Hbond substituents is 1. The molecular weight excluding hydrogens is 318 g/mol. The topological polar surface area (TPSA) is 76.4 Å². The largest absolute Gasteiger partial charge is 0.508 e. The Balaban J connectivity index is 2.09. The molecule has 0 aliphatic carbocycles. The highest BCUT2D eigenvalue weighted by atomic mass is 35.5. The van der Waals surface area contributed by atoms with E-state index in [0.29, 0.717) is 29.4 Å². The molecule has 6 nitrogen and oxygen atoms in total. The van der Waals surface area contributed by atoms with Crippen molar-refractivity contribution in [3.05, 3.63) is 40.2 Å². The number of carbonyl (C=O) groups is 1. The molecule has 0 unspecified atom stereocenters. The first-order valence-corrected chi connectivity index (χ1v) is 7.60. The van der Waals surface area contributed by atoms with Gasteiger partial charge in [0.05, 0.1) is 36.6 Å². The molecular formula is C16H20ClN3O3. The van der Waals surface area contributed by atoms with Crippen molar-refractivity contribution in [3.63, 3.8) is 0 Å². The smallest absolute Gasteiger partial charge is 0.228 e. The highest BCUT2D eigenvalue weighted by molar-refractivity contribution is 6.31. The third kappa shape index (κ3) is 4.24. The molecule has 0 radical (unpaired) electrons. The summed E-state index contributed by atoms with van der Waals surface area (Å²) in [5.74, 6) is -0.111. The van der Waals surface area contributed by atoms with Crippen LogP contribution in [0.4, 0.5) is 5.69 Å². The van der Waals surface area contributed by atoms with Crippen molar-refractivity contribution in [2.45, 2.75) is 26.8 Å². The number of halogens is 1. The van der Waals surface area contributed by atoms with Crippen LogP contribution in [0.3, 0.4) is 0 Å². The van der Waals surface area contributed by atoms with Gasteiger partial charge in [-0.25, -0.2) is 0 Å². The first-order chi connectivity index (χ1) is 10.9. The maximum absolute atomic E-state index is 12.3. The monoisotopic (exact) mass is 337 g/mol. The molecule has 0 fully saturated rings. The van der Waals surface area contributed by atoms with Crippen LogP contribution in [0.15, 0.2) is 18.2 Å². The quantitative estimate of drug-likeness (QED) is 0.849. The van der Waals surface area contributed by atoms with E-state index in [0.717, 1.165) is 11.4 Å². The molecule has 1 amide bonds. The Morgan fingerprint density at radius 1 is 1.43 bits per heavy atom. The van der Waals surface area contributed by atoms with Gasteiger partial charge < -0.3 is 15.2 Å². The first-order valence-electron chi connectivity index (χ1n) is 7.22. The average Bonchev–Trinajstić information content (AvgIpc) is 2.75. The summed E-state index contributed by atoms with van der Waals surface area (Å²) in [5, 5.41) is 17.0. The molecule has 1 aromatic heterocycles. The van der Waals surface area contributed by atoms with E-state index in [9.17, 15) is 9.90 Å². The van der Waals surface area contributed by atoms with Crippen LogP contribution in [0.2, 0.25) is 5.02 Å². The van der Waals surface area contributed by atoms with E-state index < -0.39 is 0 Å². The van der Waals surface area contributed by atoms with Gasteiger partial charge in [0.2, 0.25) is 5.91 Å². The van der Waals surface area contributed by atoms with Gasteiger partial charge in [-0.15, -0.1) is 0 Å². The van der Waals surface area contributed by atoms with Gasteiger partial charge in [0.25, 0.3) is 0 Å². The molecule has 0 saturated heterocycles. The SMILES string of the molecule is COCCn1nc(C)c(NC(=O)Cc2ccc(O)cc2Cl)c1C. The standard InChI is InChI=1S/C16H20ClN3O3/c1-10-16(11(2)20(19-10)6-7-23-3)18-15(22)8-12-4-5-13(21)9-14(12)17/h4-5,9,21H,6-8H2,1-3H3,(H,18,22). The number of aromatic hydroxyl groups is 1. The third-order valence-electron chi connectivity index (χ3n) is 3.54. The van der Waals surface area contributed by atoms with E-state index in [1.54, 1.807) is 13.2 Å². The Morgan fingerprint density at radius 3 is 2.83 bits per heavy atom. The van der Waals surface area contributed by atoms with Crippen molar-refractivity contribution in [2.75, 3.05) is 19.0 Å². The van der Waals surface area contributed by atoms with Crippen LogP contribution in [0.1, 0.15) is 17.0 Å². The molecule has 0 bridgehead atoms. The zero-order valence-corrected chi connectivity index (χ0v) is 14.1. The molecule has 0 aliphatic rings. The first kappa shape index (κ1) is 17.3. The minimum absolute atomic E-state index is 0.0743. The van der Waals surface area contributed by atoms with Crippen LogP contribution in [-0.2, 0) is 22.5 Å². The predicted molar refractivity (Wildman–Crippen MR) is 89.0 cm³/mol. The minimum atomic E-state index is -0.185.